The fourth-order valence-electron chi connectivity index (χ4n) is 2.87. The molecule has 3 heteroatoms. The van der Waals surface area contributed by atoms with E-state index in [9.17, 15) is 4.39 Å². The summed E-state index contributed by atoms with van der Waals surface area (Å²) in [6.07, 6.45) is 4.64. The van der Waals surface area contributed by atoms with Gasteiger partial charge in [0, 0.05) is 12.6 Å². The van der Waals surface area contributed by atoms with Gasteiger partial charge in [-0.1, -0.05) is 18.2 Å². The minimum absolute atomic E-state index is 0.0939. The summed E-state index contributed by atoms with van der Waals surface area (Å²) in [5, 5.41) is 3.32. The number of hydrogen-bond acceptors (Lipinski definition) is 2. The second kappa shape index (κ2) is 7.01. The topological polar surface area (TPSA) is 21.3 Å². The van der Waals surface area contributed by atoms with Crippen LogP contribution in [0.3, 0.4) is 0 Å². The van der Waals surface area contributed by atoms with Crippen molar-refractivity contribution in [1.29, 1.82) is 0 Å². The molecule has 19 heavy (non-hydrogen) atoms. The van der Waals surface area contributed by atoms with E-state index in [-0.39, 0.29) is 5.82 Å². The van der Waals surface area contributed by atoms with E-state index in [1.165, 1.54) is 6.07 Å². The van der Waals surface area contributed by atoms with Crippen LogP contribution >= 0.6 is 0 Å². The van der Waals surface area contributed by atoms with Crippen LogP contribution in [0.2, 0.25) is 0 Å². The molecule has 0 aromatic heterocycles. The summed E-state index contributed by atoms with van der Waals surface area (Å²) in [6.45, 7) is 2.85. The molecule has 1 fully saturated rings. The Hall–Kier alpha value is -0.930. The molecule has 0 radical (unpaired) electrons. The van der Waals surface area contributed by atoms with Gasteiger partial charge < -0.3 is 10.1 Å². The van der Waals surface area contributed by atoms with E-state index in [2.05, 4.69) is 5.32 Å². The molecule has 1 aromatic carbocycles. The second-order valence-electron chi connectivity index (χ2n) is 5.43. The molecular weight excluding hydrogens is 241 g/mol. The molecule has 1 aliphatic carbocycles. The Morgan fingerprint density at radius 3 is 2.74 bits per heavy atom. The van der Waals surface area contributed by atoms with Crippen LogP contribution in [0.1, 0.15) is 31.7 Å². The number of rotatable bonds is 7. The standard InChI is InChI=1S/C16H24FNO/c1-3-19-15-9-12(10-15)8-14(18-2)11-13-6-4-5-7-16(13)17/h4-7,12,14-15,18H,3,8-11H2,1-2H3. The van der Waals surface area contributed by atoms with Gasteiger partial charge in [0.1, 0.15) is 5.82 Å². The molecule has 0 amide bonds. The maximum Gasteiger partial charge on any atom is 0.126 e. The maximum atomic E-state index is 13.6. The average Bonchev–Trinajstić information content (AvgIpc) is 2.37. The minimum atomic E-state index is -0.0939. The molecule has 0 heterocycles. The molecule has 1 N–H and O–H groups in total. The van der Waals surface area contributed by atoms with E-state index in [1.807, 2.05) is 26.1 Å². The second-order valence-corrected chi connectivity index (χ2v) is 5.43. The monoisotopic (exact) mass is 265 g/mol. The van der Waals surface area contributed by atoms with Crippen molar-refractivity contribution in [2.24, 2.45) is 5.92 Å². The summed E-state index contributed by atoms with van der Waals surface area (Å²) in [7, 11) is 1.96. The zero-order valence-corrected chi connectivity index (χ0v) is 11.9. The molecule has 2 rings (SSSR count). The van der Waals surface area contributed by atoms with Crippen molar-refractivity contribution in [1.82, 2.24) is 5.32 Å². The van der Waals surface area contributed by atoms with E-state index in [0.717, 1.165) is 43.8 Å². The zero-order valence-electron chi connectivity index (χ0n) is 11.9. The van der Waals surface area contributed by atoms with Crippen molar-refractivity contribution in [2.45, 2.75) is 44.8 Å². The summed E-state index contributed by atoms with van der Waals surface area (Å²) < 4.78 is 19.2. The van der Waals surface area contributed by atoms with Crippen LogP contribution in [0, 0.1) is 11.7 Å². The van der Waals surface area contributed by atoms with E-state index in [4.69, 9.17) is 4.74 Å². The van der Waals surface area contributed by atoms with Crippen LogP contribution in [0.4, 0.5) is 4.39 Å². The molecule has 2 nitrogen and oxygen atoms in total. The minimum Gasteiger partial charge on any atom is -0.378 e. The summed E-state index contributed by atoms with van der Waals surface area (Å²) in [6, 6.07) is 7.41. The molecule has 0 aliphatic heterocycles. The molecule has 1 atom stereocenters. The quantitative estimate of drug-likeness (QED) is 0.817. The summed E-state index contributed by atoms with van der Waals surface area (Å²) in [4.78, 5) is 0. The van der Waals surface area contributed by atoms with Crippen molar-refractivity contribution < 1.29 is 9.13 Å². The van der Waals surface area contributed by atoms with Gasteiger partial charge in [0.05, 0.1) is 6.10 Å². The Bertz CT molecular complexity index is 390. The van der Waals surface area contributed by atoms with E-state index in [0.29, 0.717) is 12.1 Å². The zero-order chi connectivity index (χ0) is 13.7. The molecule has 106 valence electrons. The van der Waals surface area contributed by atoms with E-state index >= 15 is 0 Å². The highest BCUT2D eigenvalue weighted by molar-refractivity contribution is 5.18. The van der Waals surface area contributed by atoms with Crippen LogP contribution in [0.25, 0.3) is 0 Å². The van der Waals surface area contributed by atoms with E-state index < -0.39 is 0 Å². The maximum absolute atomic E-state index is 13.6. The van der Waals surface area contributed by atoms with Gasteiger partial charge in [0.2, 0.25) is 0 Å². The number of halogens is 1. The van der Waals surface area contributed by atoms with Gasteiger partial charge in [-0.05, 0) is 57.2 Å². The Morgan fingerprint density at radius 2 is 2.11 bits per heavy atom. The SMILES string of the molecule is CCOC1CC(CC(Cc2ccccc2F)NC)C1. The van der Waals surface area contributed by atoms with Gasteiger partial charge in [-0.25, -0.2) is 4.39 Å². The number of hydrogen-bond donors (Lipinski definition) is 1. The lowest BCUT2D eigenvalue weighted by Crippen LogP contribution is -2.38. The summed E-state index contributed by atoms with van der Waals surface area (Å²) in [5.41, 5.74) is 0.808. The van der Waals surface area contributed by atoms with Crippen LogP contribution in [0.5, 0.6) is 0 Å². The normalized spacial score (nSPS) is 23.9. The third-order valence-corrected chi connectivity index (χ3v) is 4.05. The molecule has 0 spiro atoms. The lowest BCUT2D eigenvalue weighted by molar-refractivity contribution is -0.0288. The van der Waals surface area contributed by atoms with Crippen molar-refractivity contribution in [3.63, 3.8) is 0 Å². The smallest absolute Gasteiger partial charge is 0.126 e. The Balaban J connectivity index is 1.80. The van der Waals surface area contributed by atoms with Gasteiger partial charge in [-0.2, -0.15) is 0 Å². The van der Waals surface area contributed by atoms with Crippen LogP contribution in [-0.2, 0) is 11.2 Å². The predicted octanol–water partition coefficient (Wildman–Crippen LogP) is 3.16. The first-order chi connectivity index (χ1) is 9.22. The lowest BCUT2D eigenvalue weighted by Gasteiger charge is -2.37. The fourth-order valence-corrected chi connectivity index (χ4v) is 2.87. The average molecular weight is 265 g/mol. The molecule has 0 bridgehead atoms. The van der Waals surface area contributed by atoms with Crippen LogP contribution in [0.15, 0.2) is 24.3 Å². The van der Waals surface area contributed by atoms with Crippen LogP contribution in [-0.4, -0.2) is 25.8 Å². The summed E-state index contributed by atoms with van der Waals surface area (Å²) in [5.74, 6) is 0.629. The highest BCUT2D eigenvalue weighted by Crippen LogP contribution is 2.34. The van der Waals surface area contributed by atoms with Gasteiger partial charge in [0.15, 0.2) is 0 Å². The fraction of sp³-hybridized carbons (Fsp3) is 0.625. The molecule has 0 saturated heterocycles. The molecule has 1 aromatic rings. The van der Waals surface area contributed by atoms with Crippen molar-refractivity contribution in [2.75, 3.05) is 13.7 Å². The van der Waals surface area contributed by atoms with Crippen molar-refractivity contribution in [3.8, 4) is 0 Å². The summed E-state index contributed by atoms with van der Waals surface area (Å²) >= 11 is 0. The Labute approximate surface area is 115 Å². The molecule has 1 unspecified atom stereocenters. The number of nitrogens with one attached hydrogen (secondary N) is 1. The highest BCUT2D eigenvalue weighted by Gasteiger charge is 2.31. The lowest BCUT2D eigenvalue weighted by atomic mass is 9.77. The third-order valence-electron chi connectivity index (χ3n) is 4.05. The first-order valence-electron chi connectivity index (χ1n) is 7.25. The Morgan fingerprint density at radius 1 is 1.37 bits per heavy atom. The van der Waals surface area contributed by atoms with Gasteiger partial charge in [-0.3, -0.25) is 0 Å². The number of ether oxygens (including phenoxy) is 1. The predicted molar refractivity (Wildman–Crippen MR) is 75.7 cm³/mol. The van der Waals surface area contributed by atoms with Gasteiger partial charge >= 0.3 is 0 Å². The van der Waals surface area contributed by atoms with Gasteiger partial charge in [0.25, 0.3) is 0 Å². The van der Waals surface area contributed by atoms with Gasteiger partial charge in [-0.15, -0.1) is 0 Å². The third kappa shape index (κ3) is 4.02. The first kappa shape index (κ1) is 14.5. The number of benzene rings is 1. The number of likely N-dealkylation sites (N-methyl/N-ethyl adjacent to an activating group) is 1. The first-order valence-corrected chi connectivity index (χ1v) is 7.25. The van der Waals surface area contributed by atoms with E-state index in [1.54, 1.807) is 6.07 Å². The Kier molecular flexibility index (Phi) is 5.34. The largest absolute Gasteiger partial charge is 0.378 e. The molecule has 1 saturated carbocycles. The molecule has 1 aliphatic rings. The molecular formula is C16H24FNO. The van der Waals surface area contributed by atoms with Crippen molar-refractivity contribution in [3.05, 3.63) is 35.6 Å². The van der Waals surface area contributed by atoms with Crippen LogP contribution < -0.4 is 5.32 Å². The van der Waals surface area contributed by atoms with Crippen molar-refractivity contribution >= 4 is 0 Å². The highest BCUT2D eigenvalue weighted by atomic mass is 19.1.